The molecule has 2 N–H and O–H groups in total. The van der Waals surface area contributed by atoms with Crippen molar-refractivity contribution >= 4 is 11.7 Å². The first-order valence-electron chi connectivity index (χ1n) is 8.27. The van der Waals surface area contributed by atoms with Crippen LogP contribution in [0, 0.1) is 13.8 Å². The normalized spacial score (nSPS) is 16.4. The summed E-state index contributed by atoms with van der Waals surface area (Å²) in [4.78, 5) is 12.3. The minimum absolute atomic E-state index is 0.0305. The number of aromatic hydroxyl groups is 1. The molecule has 25 heavy (non-hydrogen) atoms. The number of phenolic OH excluding ortho intramolecular Hbond substituents is 1. The van der Waals surface area contributed by atoms with E-state index in [0.717, 1.165) is 28.2 Å². The van der Waals surface area contributed by atoms with Crippen molar-refractivity contribution in [1.82, 2.24) is 9.78 Å². The number of phenols is 1. The van der Waals surface area contributed by atoms with E-state index >= 15 is 0 Å². The van der Waals surface area contributed by atoms with Crippen LogP contribution in [-0.4, -0.2) is 20.8 Å². The number of fused-ring (bicyclic) bond motifs is 1. The van der Waals surface area contributed by atoms with Gasteiger partial charge in [-0.2, -0.15) is 5.10 Å². The number of amides is 1. The van der Waals surface area contributed by atoms with Gasteiger partial charge in [-0.25, -0.2) is 4.68 Å². The van der Waals surface area contributed by atoms with Crippen LogP contribution >= 0.6 is 0 Å². The van der Waals surface area contributed by atoms with Crippen molar-refractivity contribution < 1.29 is 9.90 Å². The van der Waals surface area contributed by atoms with Crippen molar-refractivity contribution in [2.24, 2.45) is 0 Å². The number of rotatable bonds is 2. The summed E-state index contributed by atoms with van der Waals surface area (Å²) in [5.74, 6) is 0.845. The third kappa shape index (κ3) is 2.67. The number of carbonyl (C=O) groups excluding carboxylic acids is 1. The summed E-state index contributed by atoms with van der Waals surface area (Å²) < 4.78 is 1.80. The highest BCUT2D eigenvalue weighted by atomic mass is 16.3. The molecule has 3 aromatic rings. The van der Waals surface area contributed by atoms with Crippen molar-refractivity contribution in [2.45, 2.75) is 26.2 Å². The molecule has 1 aliphatic rings. The van der Waals surface area contributed by atoms with Gasteiger partial charge >= 0.3 is 0 Å². The number of aryl methyl sites for hydroxylation is 2. The topological polar surface area (TPSA) is 67.2 Å². The Hall–Kier alpha value is -3.08. The monoisotopic (exact) mass is 333 g/mol. The first kappa shape index (κ1) is 15.4. The number of nitrogens with one attached hydrogen (secondary N) is 1. The summed E-state index contributed by atoms with van der Waals surface area (Å²) in [6, 6.07) is 13.2. The van der Waals surface area contributed by atoms with E-state index < -0.39 is 0 Å². The van der Waals surface area contributed by atoms with Crippen LogP contribution in [0.1, 0.15) is 34.6 Å². The van der Waals surface area contributed by atoms with Crippen LogP contribution in [0.5, 0.6) is 5.75 Å². The average Bonchev–Trinajstić information content (AvgIpc) is 2.98. The summed E-state index contributed by atoms with van der Waals surface area (Å²) >= 11 is 0. The zero-order valence-electron chi connectivity index (χ0n) is 14.2. The quantitative estimate of drug-likeness (QED) is 0.752. The van der Waals surface area contributed by atoms with Gasteiger partial charge in [0.25, 0.3) is 0 Å². The second kappa shape index (κ2) is 5.77. The predicted molar refractivity (Wildman–Crippen MR) is 96.2 cm³/mol. The van der Waals surface area contributed by atoms with Gasteiger partial charge in [-0.1, -0.05) is 29.8 Å². The molecule has 1 atom stereocenters. The lowest BCUT2D eigenvalue weighted by Crippen LogP contribution is -2.24. The van der Waals surface area contributed by atoms with Crippen molar-refractivity contribution in [3.8, 4) is 11.4 Å². The summed E-state index contributed by atoms with van der Waals surface area (Å²) in [6.45, 7) is 4.09. The molecule has 0 aliphatic carbocycles. The summed E-state index contributed by atoms with van der Waals surface area (Å²) in [7, 11) is 0. The molecule has 2 aromatic carbocycles. The van der Waals surface area contributed by atoms with Crippen LogP contribution in [0.2, 0.25) is 0 Å². The maximum absolute atomic E-state index is 12.3. The molecule has 5 heteroatoms. The lowest BCUT2D eigenvalue weighted by atomic mass is 9.87. The lowest BCUT2D eigenvalue weighted by Gasteiger charge is -2.24. The third-order valence-corrected chi connectivity index (χ3v) is 4.70. The van der Waals surface area contributed by atoms with Gasteiger partial charge in [0, 0.05) is 17.9 Å². The first-order chi connectivity index (χ1) is 12.0. The number of aromatic nitrogens is 2. The van der Waals surface area contributed by atoms with Gasteiger partial charge < -0.3 is 10.4 Å². The largest absolute Gasteiger partial charge is 0.508 e. The zero-order chi connectivity index (χ0) is 17.6. The Morgan fingerprint density at radius 1 is 1.16 bits per heavy atom. The molecule has 126 valence electrons. The van der Waals surface area contributed by atoms with E-state index in [0.29, 0.717) is 6.42 Å². The molecule has 0 fully saturated rings. The van der Waals surface area contributed by atoms with Crippen LogP contribution in [0.15, 0.2) is 48.7 Å². The van der Waals surface area contributed by atoms with Gasteiger partial charge in [0.05, 0.1) is 11.9 Å². The smallest absolute Gasteiger partial charge is 0.226 e. The number of nitrogens with zero attached hydrogens (tertiary/aromatic N) is 2. The van der Waals surface area contributed by atoms with Crippen molar-refractivity contribution in [2.75, 3.05) is 5.32 Å². The molecule has 5 nitrogen and oxygen atoms in total. The van der Waals surface area contributed by atoms with Gasteiger partial charge in [-0.15, -0.1) is 0 Å². The highest BCUT2D eigenvalue weighted by molar-refractivity contribution is 5.94. The average molecular weight is 333 g/mol. The molecule has 4 rings (SSSR count). The molecule has 1 aliphatic heterocycles. The Balaban J connectivity index is 1.82. The van der Waals surface area contributed by atoms with E-state index in [1.54, 1.807) is 16.8 Å². The van der Waals surface area contributed by atoms with E-state index in [2.05, 4.69) is 23.4 Å². The Morgan fingerprint density at radius 3 is 2.64 bits per heavy atom. The molecule has 1 aromatic heterocycles. The molecule has 0 saturated heterocycles. The first-order valence-corrected chi connectivity index (χ1v) is 8.27. The number of anilines is 1. The van der Waals surface area contributed by atoms with Gasteiger partial charge in [-0.3, -0.25) is 4.79 Å². The Kier molecular flexibility index (Phi) is 3.57. The molecular weight excluding hydrogens is 314 g/mol. The highest BCUT2D eigenvalue weighted by Gasteiger charge is 2.30. The fourth-order valence-electron chi connectivity index (χ4n) is 3.45. The van der Waals surface area contributed by atoms with E-state index in [1.807, 2.05) is 37.4 Å². The number of benzene rings is 2. The molecule has 1 unspecified atom stereocenters. The van der Waals surface area contributed by atoms with Gasteiger partial charge in [-0.05, 0) is 43.2 Å². The SMILES string of the molecule is Cc1ccc(-n2ncc3c2NC(=O)CC3c2ccc(O)cc2)c(C)c1. The number of hydrogen-bond donors (Lipinski definition) is 2. The second-order valence-electron chi connectivity index (χ2n) is 6.55. The van der Waals surface area contributed by atoms with Gasteiger partial charge in [0.2, 0.25) is 5.91 Å². The maximum Gasteiger partial charge on any atom is 0.226 e. The van der Waals surface area contributed by atoms with E-state index in [-0.39, 0.29) is 17.6 Å². The third-order valence-electron chi connectivity index (χ3n) is 4.70. The van der Waals surface area contributed by atoms with Crippen LogP contribution in [0.3, 0.4) is 0 Å². The second-order valence-corrected chi connectivity index (χ2v) is 6.55. The minimum atomic E-state index is -0.0659. The Morgan fingerprint density at radius 2 is 1.92 bits per heavy atom. The summed E-state index contributed by atoms with van der Waals surface area (Å²) in [5, 5.41) is 17.0. The standard InChI is InChI=1S/C20H19N3O2/c1-12-3-8-18(13(2)9-12)23-20-17(11-21-23)16(10-19(25)22-20)14-4-6-15(24)7-5-14/h3-9,11,16,24H,10H2,1-2H3,(H,22,25). The molecular formula is C20H19N3O2. The fraction of sp³-hybridized carbons (Fsp3) is 0.200. The fourth-order valence-corrected chi connectivity index (χ4v) is 3.45. The van der Waals surface area contributed by atoms with Crippen LogP contribution < -0.4 is 5.32 Å². The van der Waals surface area contributed by atoms with Crippen LogP contribution in [-0.2, 0) is 4.79 Å². The lowest BCUT2D eigenvalue weighted by molar-refractivity contribution is -0.116. The number of hydrogen-bond acceptors (Lipinski definition) is 3. The maximum atomic E-state index is 12.3. The molecule has 0 saturated carbocycles. The van der Waals surface area contributed by atoms with Gasteiger partial charge in [0.1, 0.15) is 11.6 Å². The molecule has 0 spiro atoms. The van der Waals surface area contributed by atoms with E-state index in [4.69, 9.17) is 0 Å². The summed E-state index contributed by atoms with van der Waals surface area (Å²) in [5.41, 5.74) is 5.23. The predicted octanol–water partition coefficient (Wildman–Crippen LogP) is 3.67. The zero-order valence-corrected chi connectivity index (χ0v) is 14.2. The molecule has 2 heterocycles. The molecule has 1 amide bonds. The van der Waals surface area contributed by atoms with Gasteiger partial charge in [0.15, 0.2) is 0 Å². The number of carbonyl (C=O) groups is 1. The van der Waals surface area contributed by atoms with Crippen LogP contribution in [0.25, 0.3) is 5.69 Å². The molecule has 0 bridgehead atoms. The summed E-state index contributed by atoms with van der Waals surface area (Å²) in [6.07, 6.45) is 2.20. The molecule has 0 radical (unpaired) electrons. The highest BCUT2D eigenvalue weighted by Crippen LogP contribution is 2.38. The van der Waals surface area contributed by atoms with E-state index in [1.165, 1.54) is 5.56 Å². The van der Waals surface area contributed by atoms with Crippen molar-refractivity contribution in [3.05, 3.63) is 70.9 Å². The van der Waals surface area contributed by atoms with Crippen molar-refractivity contribution in [1.29, 1.82) is 0 Å². The Labute approximate surface area is 145 Å². The van der Waals surface area contributed by atoms with Crippen LogP contribution in [0.4, 0.5) is 5.82 Å². The van der Waals surface area contributed by atoms with E-state index in [9.17, 15) is 9.90 Å². The minimum Gasteiger partial charge on any atom is -0.508 e. The van der Waals surface area contributed by atoms with Crippen molar-refractivity contribution in [3.63, 3.8) is 0 Å². The Bertz CT molecular complexity index is 958.